The lowest BCUT2D eigenvalue weighted by atomic mass is 10.0. The van der Waals surface area contributed by atoms with Crippen LogP contribution in [-0.4, -0.2) is 52.8 Å². The van der Waals surface area contributed by atoms with Gasteiger partial charge >= 0.3 is 6.18 Å². The number of nitrogens with two attached hydrogens (primary N) is 1. The van der Waals surface area contributed by atoms with E-state index >= 15 is 0 Å². The summed E-state index contributed by atoms with van der Waals surface area (Å²) >= 11 is 0. The quantitative estimate of drug-likeness (QED) is 0.505. The van der Waals surface area contributed by atoms with Crippen molar-refractivity contribution in [2.45, 2.75) is 19.1 Å². The molecule has 12 heteroatoms. The number of nitrogen functional groups attached to an aromatic ring is 1. The molecular weight excluding hydrogens is 491 g/mol. The zero-order valence-electron chi connectivity index (χ0n) is 19.8. The molecule has 9 nitrogen and oxygen atoms in total. The number of nitrogens with one attached hydrogen (secondary N) is 1. The maximum absolute atomic E-state index is 13.2. The molecule has 1 aliphatic rings. The largest absolute Gasteiger partial charge is 0.416 e. The molecule has 0 spiro atoms. The second-order valence-corrected chi connectivity index (χ2v) is 8.50. The molecule has 1 atom stereocenters. The van der Waals surface area contributed by atoms with E-state index in [2.05, 4.69) is 10.4 Å². The van der Waals surface area contributed by atoms with E-state index in [0.717, 1.165) is 22.9 Å². The van der Waals surface area contributed by atoms with E-state index in [-0.39, 0.29) is 28.5 Å². The lowest BCUT2D eigenvalue weighted by Crippen LogP contribution is -2.40. The number of benzene rings is 2. The van der Waals surface area contributed by atoms with Gasteiger partial charge in [0.1, 0.15) is 5.69 Å². The number of hydrogen-bond acceptors (Lipinski definition) is 6. The third-order valence-corrected chi connectivity index (χ3v) is 5.82. The van der Waals surface area contributed by atoms with E-state index in [1.54, 1.807) is 23.1 Å². The van der Waals surface area contributed by atoms with Gasteiger partial charge in [0.05, 0.1) is 30.5 Å². The highest BCUT2D eigenvalue weighted by Gasteiger charge is 2.31. The minimum Gasteiger partial charge on any atom is -0.399 e. The Bertz CT molecular complexity index is 1380. The number of carbonyl (C=O) groups excluding carboxylic acids is 2. The van der Waals surface area contributed by atoms with Crippen molar-refractivity contribution >= 4 is 17.5 Å². The first-order chi connectivity index (χ1) is 17.5. The molecule has 0 radical (unpaired) electrons. The third kappa shape index (κ3) is 5.97. The van der Waals surface area contributed by atoms with Crippen LogP contribution in [-0.2, 0) is 10.9 Å². The van der Waals surface area contributed by atoms with Crippen LogP contribution in [0, 0.1) is 0 Å². The summed E-state index contributed by atoms with van der Waals surface area (Å²) in [5.41, 5.74) is 4.70. The number of rotatable bonds is 5. The summed E-state index contributed by atoms with van der Waals surface area (Å²) in [5.74, 6) is -0.931. The Balaban J connectivity index is 1.56. The summed E-state index contributed by atoms with van der Waals surface area (Å²) in [6.07, 6.45) is -4.59. The van der Waals surface area contributed by atoms with Crippen molar-refractivity contribution < 1.29 is 27.5 Å². The highest BCUT2D eigenvalue weighted by molar-refractivity contribution is 5.95. The summed E-state index contributed by atoms with van der Waals surface area (Å²) in [6, 6.07) is 10.9. The predicted octanol–water partition coefficient (Wildman–Crippen LogP) is 2.80. The molecule has 0 bridgehead atoms. The number of morpholine rings is 1. The predicted molar refractivity (Wildman–Crippen MR) is 128 cm³/mol. The number of alkyl halides is 3. The summed E-state index contributed by atoms with van der Waals surface area (Å²) in [5, 5.41) is 6.70. The van der Waals surface area contributed by atoms with Crippen molar-refractivity contribution in [3.8, 4) is 5.69 Å². The molecule has 2 amide bonds. The van der Waals surface area contributed by atoms with Gasteiger partial charge in [0, 0.05) is 30.4 Å². The molecule has 1 aliphatic heterocycles. The molecule has 3 N–H and O–H groups in total. The normalized spacial score (nSPS) is 14.8. The maximum Gasteiger partial charge on any atom is 0.416 e. The Morgan fingerprint density at radius 2 is 1.81 bits per heavy atom. The highest BCUT2D eigenvalue weighted by Crippen LogP contribution is 2.32. The number of carbonyl (C=O) groups is 2. The van der Waals surface area contributed by atoms with Gasteiger partial charge < -0.3 is 20.7 Å². The van der Waals surface area contributed by atoms with Gasteiger partial charge in [-0.15, -0.1) is 0 Å². The van der Waals surface area contributed by atoms with Gasteiger partial charge in [0.15, 0.2) is 0 Å². The van der Waals surface area contributed by atoms with Crippen LogP contribution in [0.1, 0.15) is 44.9 Å². The molecule has 0 unspecified atom stereocenters. The van der Waals surface area contributed by atoms with Crippen molar-refractivity contribution in [3.05, 3.63) is 87.3 Å². The molecule has 194 valence electrons. The lowest BCUT2D eigenvalue weighted by molar-refractivity contribution is -0.137. The second kappa shape index (κ2) is 10.4. The topological polar surface area (TPSA) is 120 Å². The number of ether oxygens (including phenoxy) is 1. The van der Waals surface area contributed by atoms with Gasteiger partial charge in [-0.05, 0) is 55.0 Å². The van der Waals surface area contributed by atoms with Crippen LogP contribution in [0.25, 0.3) is 5.69 Å². The van der Waals surface area contributed by atoms with Crippen LogP contribution in [0.5, 0.6) is 0 Å². The molecule has 0 aliphatic carbocycles. The van der Waals surface area contributed by atoms with Crippen LogP contribution >= 0.6 is 0 Å². The van der Waals surface area contributed by atoms with Crippen LogP contribution in [0.2, 0.25) is 0 Å². The summed E-state index contributed by atoms with van der Waals surface area (Å²) in [7, 11) is 0. The van der Waals surface area contributed by atoms with E-state index in [0.29, 0.717) is 31.9 Å². The average molecular weight is 515 g/mol. The van der Waals surface area contributed by atoms with E-state index in [1.165, 1.54) is 25.1 Å². The standard InChI is InChI=1S/C25H24F3N5O4/c1-15(17-11-18(25(26,27)28)14-19(29)12-17)30-23(35)21-5-6-22(34)33(31-21)20-4-2-3-16(13-20)24(36)32-7-9-37-10-8-32/h2-6,11-15H,7-10,29H2,1H3,(H,30,35)/t15-/m1/s1. The van der Waals surface area contributed by atoms with Crippen molar-refractivity contribution in [2.24, 2.45) is 0 Å². The summed E-state index contributed by atoms with van der Waals surface area (Å²) in [6.45, 7) is 3.28. The smallest absolute Gasteiger partial charge is 0.399 e. The minimum absolute atomic E-state index is 0.0934. The first kappa shape index (κ1) is 25.9. The van der Waals surface area contributed by atoms with Gasteiger partial charge in [0.25, 0.3) is 17.4 Å². The number of halogens is 3. The Labute approximate surface area is 209 Å². The van der Waals surface area contributed by atoms with Crippen molar-refractivity contribution in [3.63, 3.8) is 0 Å². The van der Waals surface area contributed by atoms with E-state index in [9.17, 15) is 27.6 Å². The lowest BCUT2D eigenvalue weighted by Gasteiger charge is -2.27. The monoisotopic (exact) mass is 515 g/mol. The number of nitrogens with zero attached hydrogens (tertiary/aromatic N) is 3. The van der Waals surface area contributed by atoms with Crippen LogP contribution in [0.15, 0.2) is 59.4 Å². The van der Waals surface area contributed by atoms with Crippen molar-refractivity contribution in [1.29, 1.82) is 0 Å². The average Bonchev–Trinajstić information content (AvgIpc) is 2.88. The van der Waals surface area contributed by atoms with Crippen molar-refractivity contribution in [1.82, 2.24) is 20.0 Å². The van der Waals surface area contributed by atoms with E-state index in [1.807, 2.05) is 0 Å². The van der Waals surface area contributed by atoms with E-state index in [4.69, 9.17) is 10.5 Å². The number of aromatic nitrogens is 2. The minimum atomic E-state index is -4.59. The molecule has 1 fully saturated rings. The molecule has 0 saturated carbocycles. The fraction of sp³-hybridized carbons (Fsp3) is 0.280. The Hall–Kier alpha value is -4.19. The van der Waals surface area contributed by atoms with Gasteiger partial charge in [-0.3, -0.25) is 14.4 Å². The first-order valence-corrected chi connectivity index (χ1v) is 11.4. The molecule has 37 heavy (non-hydrogen) atoms. The molecule has 3 aromatic rings. The molecule has 2 heterocycles. The number of amides is 2. The van der Waals surface area contributed by atoms with Crippen molar-refractivity contribution in [2.75, 3.05) is 32.0 Å². The summed E-state index contributed by atoms with van der Waals surface area (Å²) < 4.78 is 45.7. The molecule has 1 saturated heterocycles. The fourth-order valence-electron chi connectivity index (χ4n) is 3.88. The van der Waals surface area contributed by atoms with Gasteiger partial charge in [-0.25, -0.2) is 0 Å². The number of hydrogen-bond donors (Lipinski definition) is 2. The molecule has 1 aromatic heterocycles. The Morgan fingerprint density at radius 1 is 1.08 bits per heavy atom. The first-order valence-electron chi connectivity index (χ1n) is 11.4. The molecular formula is C25H24F3N5O4. The fourth-order valence-corrected chi connectivity index (χ4v) is 3.88. The third-order valence-electron chi connectivity index (χ3n) is 5.82. The van der Waals surface area contributed by atoms with Gasteiger partial charge in [-0.2, -0.15) is 23.0 Å². The van der Waals surface area contributed by atoms with Gasteiger partial charge in [-0.1, -0.05) is 6.07 Å². The van der Waals surface area contributed by atoms with Gasteiger partial charge in [0.2, 0.25) is 0 Å². The molecule has 2 aromatic carbocycles. The molecule has 4 rings (SSSR count). The summed E-state index contributed by atoms with van der Waals surface area (Å²) in [4.78, 5) is 39.9. The Morgan fingerprint density at radius 3 is 2.51 bits per heavy atom. The zero-order chi connectivity index (χ0) is 26.7. The zero-order valence-corrected chi connectivity index (χ0v) is 19.8. The van der Waals surface area contributed by atoms with Crippen LogP contribution in [0.3, 0.4) is 0 Å². The maximum atomic E-state index is 13.2. The Kier molecular flexibility index (Phi) is 7.30. The van der Waals surface area contributed by atoms with E-state index < -0.39 is 29.2 Å². The SMILES string of the molecule is C[C@@H](NC(=O)c1ccc(=O)n(-c2cccc(C(=O)N3CCOCC3)c2)n1)c1cc(N)cc(C(F)(F)F)c1. The van der Waals surface area contributed by atoms with Crippen LogP contribution in [0.4, 0.5) is 18.9 Å². The number of anilines is 1. The highest BCUT2D eigenvalue weighted by atomic mass is 19.4. The van der Waals surface area contributed by atoms with Crippen LogP contribution < -0.4 is 16.6 Å². The second-order valence-electron chi connectivity index (χ2n) is 8.50.